The molecule has 0 saturated heterocycles. The molecule has 0 atom stereocenters. The predicted octanol–water partition coefficient (Wildman–Crippen LogP) is -1.71. The highest BCUT2D eigenvalue weighted by atomic mass is 17.0. The van der Waals surface area contributed by atoms with Crippen molar-refractivity contribution in [3.8, 4) is 0 Å². The Balaban J connectivity index is 4.53. The molecule has 72 valence electrons. The molecule has 0 bridgehead atoms. The summed E-state index contributed by atoms with van der Waals surface area (Å²) in [5.74, 6) is 0. The predicted molar refractivity (Wildman–Crippen MR) is 31.3 cm³/mol. The fraction of sp³-hybridized carbons (Fsp3) is 0.200. The van der Waals surface area contributed by atoms with Crippen LogP contribution in [0.25, 0.3) is 0 Å². The van der Waals surface area contributed by atoms with E-state index in [0.717, 1.165) is 0 Å². The third-order valence-electron chi connectivity index (χ3n) is 0.770. The first-order valence-corrected chi connectivity index (χ1v) is 2.70. The SMILES string of the molecule is O=COC(OC=O)(OC=O)OC=O. The van der Waals surface area contributed by atoms with Crippen LogP contribution in [-0.4, -0.2) is 32.0 Å². The Morgan fingerprint density at radius 3 is 1.00 bits per heavy atom. The van der Waals surface area contributed by atoms with Crippen LogP contribution >= 0.6 is 0 Å². The molecule has 0 aromatic heterocycles. The first kappa shape index (κ1) is 10.9. The summed E-state index contributed by atoms with van der Waals surface area (Å²) in [4.78, 5) is 39.3. The normalized spacial score (nSPS) is 9.23. The molecule has 0 aliphatic rings. The van der Waals surface area contributed by atoms with Gasteiger partial charge >= 0.3 is 32.0 Å². The van der Waals surface area contributed by atoms with Gasteiger partial charge in [0.1, 0.15) is 0 Å². The number of ether oxygens (including phenoxy) is 4. The third-order valence-corrected chi connectivity index (χ3v) is 0.770. The van der Waals surface area contributed by atoms with Gasteiger partial charge in [-0.15, -0.1) is 0 Å². The molecule has 13 heavy (non-hydrogen) atoms. The molecule has 0 fully saturated rings. The van der Waals surface area contributed by atoms with Gasteiger partial charge < -0.3 is 18.9 Å². The summed E-state index contributed by atoms with van der Waals surface area (Å²) in [5, 5.41) is 0. The second-order valence-electron chi connectivity index (χ2n) is 1.36. The monoisotopic (exact) mass is 192 g/mol. The summed E-state index contributed by atoms with van der Waals surface area (Å²) < 4.78 is 15.6. The van der Waals surface area contributed by atoms with E-state index in [1.54, 1.807) is 0 Å². The number of hydrogen-bond acceptors (Lipinski definition) is 8. The summed E-state index contributed by atoms with van der Waals surface area (Å²) in [6, 6.07) is 0. The van der Waals surface area contributed by atoms with Crippen LogP contribution in [0.15, 0.2) is 0 Å². The maximum atomic E-state index is 9.83. The van der Waals surface area contributed by atoms with Gasteiger partial charge in [0.15, 0.2) is 0 Å². The molecule has 8 heteroatoms. The van der Waals surface area contributed by atoms with Crippen LogP contribution < -0.4 is 0 Å². The minimum atomic E-state index is -2.77. The molecule has 0 radical (unpaired) electrons. The van der Waals surface area contributed by atoms with E-state index >= 15 is 0 Å². The van der Waals surface area contributed by atoms with E-state index in [1.807, 2.05) is 0 Å². The standard InChI is InChI=1S/C5H4O8/c6-1-10-5(11-2-7,12-3-8)13-4-9/h1-4H. The van der Waals surface area contributed by atoms with Crippen molar-refractivity contribution in [2.45, 2.75) is 6.16 Å². The van der Waals surface area contributed by atoms with Crippen molar-refractivity contribution < 1.29 is 38.1 Å². The Bertz CT molecular complexity index is 153. The van der Waals surface area contributed by atoms with Crippen LogP contribution in [0.5, 0.6) is 0 Å². The first-order chi connectivity index (χ1) is 6.24. The van der Waals surface area contributed by atoms with Crippen molar-refractivity contribution in [2.75, 3.05) is 0 Å². The van der Waals surface area contributed by atoms with Gasteiger partial charge in [-0.2, -0.15) is 0 Å². The quantitative estimate of drug-likeness (QED) is 0.330. The molecule has 0 aliphatic carbocycles. The second-order valence-corrected chi connectivity index (χ2v) is 1.36. The molecule has 8 nitrogen and oxygen atoms in total. The van der Waals surface area contributed by atoms with Crippen LogP contribution in [0.4, 0.5) is 0 Å². The minimum absolute atomic E-state index is 0.240. The van der Waals surface area contributed by atoms with Gasteiger partial charge in [-0.25, -0.2) is 0 Å². The molecule has 0 unspecified atom stereocenters. The highest BCUT2D eigenvalue weighted by Gasteiger charge is 2.41. The third kappa shape index (κ3) is 3.18. The number of carbonyl (C=O) groups excluding carboxylic acids is 4. The van der Waals surface area contributed by atoms with Gasteiger partial charge in [0.05, 0.1) is 0 Å². The highest BCUT2D eigenvalue weighted by molar-refractivity contribution is 5.45. The fourth-order valence-electron chi connectivity index (χ4n) is 0.402. The molecule has 0 heterocycles. The van der Waals surface area contributed by atoms with Crippen molar-refractivity contribution in [3.63, 3.8) is 0 Å². The van der Waals surface area contributed by atoms with Gasteiger partial charge in [0.25, 0.3) is 0 Å². The molecule has 0 N–H and O–H groups in total. The summed E-state index contributed by atoms with van der Waals surface area (Å²) in [7, 11) is 0. The molecule has 0 aromatic rings. The molecule has 0 spiro atoms. The highest BCUT2D eigenvalue weighted by Crippen LogP contribution is 2.12. The fourth-order valence-corrected chi connectivity index (χ4v) is 0.402. The van der Waals surface area contributed by atoms with Gasteiger partial charge in [-0.3, -0.25) is 19.2 Å². The lowest BCUT2D eigenvalue weighted by Gasteiger charge is -2.21. The van der Waals surface area contributed by atoms with Gasteiger partial charge in [-0.1, -0.05) is 0 Å². The minimum Gasteiger partial charge on any atom is -0.355 e. The Morgan fingerprint density at radius 2 is 0.846 bits per heavy atom. The number of carbonyl (C=O) groups is 4. The molecule has 0 aliphatic heterocycles. The second kappa shape index (κ2) is 5.52. The van der Waals surface area contributed by atoms with Gasteiger partial charge in [0.2, 0.25) is 0 Å². The van der Waals surface area contributed by atoms with E-state index < -0.39 is 6.16 Å². The van der Waals surface area contributed by atoms with Crippen LogP contribution in [-0.2, 0) is 38.1 Å². The zero-order chi connectivity index (χ0) is 10.2. The zero-order valence-corrected chi connectivity index (χ0v) is 6.08. The molecule has 0 rings (SSSR count). The maximum Gasteiger partial charge on any atom is 0.619 e. The largest absolute Gasteiger partial charge is 0.619 e. The Hall–Kier alpha value is -2.12. The Morgan fingerprint density at radius 1 is 0.615 bits per heavy atom. The van der Waals surface area contributed by atoms with E-state index in [1.165, 1.54) is 0 Å². The summed E-state index contributed by atoms with van der Waals surface area (Å²) in [6.07, 6.45) is -2.77. The van der Waals surface area contributed by atoms with E-state index in [0.29, 0.717) is 0 Å². The van der Waals surface area contributed by atoms with Crippen LogP contribution in [0.3, 0.4) is 0 Å². The van der Waals surface area contributed by atoms with E-state index in [9.17, 15) is 19.2 Å². The molecule has 0 amide bonds. The molecule has 0 aromatic carbocycles. The first-order valence-electron chi connectivity index (χ1n) is 2.70. The van der Waals surface area contributed by atoms with Crippen molar-refractivity contribution in [3.05, 3.63) is 0 Å². The maximum absolute atomic E-state index is 9.83. The zero-order valence-electron chi connectivity index (χ0n) is 6.08. The van der Waals surface area contributed by atoms with E-state index in [2.05, 4.69) is 18.9 Å². The lowest BCUT2D eigenvalue weighted by molar-refractivity contribution is -0.418. The van der Waals surface area contributed by atoms with E-state index in [4.69, 9.17) is 0 Å². The number of hydrogen-bond donors (Lipinski definition) is 0. The summed E-state index contributed by atoms with van der Waals surface area (Å²) in [5.41, 5.74) is 0. The van der Waals surface area contributed by atoms with Crippen LogP contribution in [0, 0.1) is 0 Å². The Kier molecular flexibility index (Phi) is 4.62. The smallest absolute Gasteiger partial charge is 0.355 e. The van der Waals surface area contributed by atoms with Crippen LogP contribution in [0.1, 0.15) is 0 Å². The lowest BCUT2D eigenvalue weighted by Crippen LogP contribution is -2.41. The van der Waals surface area contributed by atoms with Crippen molar-refractivity contribution in [1.29, 1.82) is 0 Å². The van der Waals surface area contributed by atoms with E-state index in [-0.39, 0.29) is 25.9 Å². The van der Waals surface area contributed by atoms with Crippen molar-refractivity contribution in [1.82, 2.24) is 0 Å². The molecular formula is C5H4O8. The summed E-state index contributed by atoms with van der Waals surface area (Å²) in [6.45, 7) is -0.958. The van der Waals surface area contributed by atoms with Gasteiger partial charge in [0, 0.05) is 0 Å². The molecule has 0 saturated carbocycles. The number of rotatable bonds is 8. The van der Waals surface area contributed by atoms with Crippen molar-refractivity contribution >= 4 is 25.9 Å². The summed E-state index contributed by atoms with van der Waals surface area (Å²) >= 11 is 0. The van der Waals surface area contributed by atoms with Gasteiger partial charge in [-0.05, 0) is 0 Å². The Labute approximate surface area is 71.3 Å². The van der Waals surface area contributed by atoms with Crippen LogP contribution in [0.2, 0.25) is 0 Å². The molecular weight excluding hydrogens is 188 g/mol. The average molecular weight is 192 g/mol. The lowest BCUT2D eigenvalue weighted by atomic mass is 11.0. The average Bonchev–Trinajstić information content (AvgIpc) is 2.06. The van der Waals surface area contributed by atoms with Crippen molar-refractivity contribution in [2.24, 2.45) is 0 Å². The topological polar surface area (TPSA) is 105 Å².